The molecule has 3 rings (SSSR count). The third kappa shape index (κ3) is 0.459. The second-order valence-corrected chi connectivity index (χ2v) is 5.38. The standard InChI is InChI=1S/C9H14S/c10-7-4-9(5-7)6-8(9)2-1-3-8/h7,10H,1-6H2. The fourth-order valence-corrected chi connectivity index (χ4v) is 4.03. The predicted molar refractivity (Wildman–Crippen MR) is 45.3 cm³/mol. The number of fused-ring (bicyclic) bond motifs is 1. The van der Waals surface area contributed by atoms with E-state index in [9.17, 15) is 0 Å². The zero-order valence-corrected chi connectivity index (χ0v) is 7.16. The molecule has 0 atom stereocenters. The Bertz CT molecular complexity index is 170. The highest BCUT2D eigenvalue weighted by molar-refractivity contribution is 7.81. The Morgan fingerprint density at radius 3 is 2.10 bits per heavy atom. The van der Waals surface area contributed by atoms with E-state index < -0.39 is 0 Å². The van der Waals surface area contributed by atoms with Crippen LogP contribution in [-0.4, -0.2) is 5.25 Å². The summed E-state index contributed by atoms with van der Waals surface area (Å²) < 4.78 is 0. The van der Waals surface area contributed by atoms with Gasteiger partial charge in [0.2, 0.25) is 0 Å². The molecular weight excluding hydrogens is 140 g/mol. The molecule has 0 aromatic heterocycles. The van der Waals surface area contributed by atoms with Crippen molar-refractivity contribution in [2.75, 3.05) is 0 Å². The van der Waals surface area contributed by atoms with Gasteiger partial charge in [-0.3, -0.25) is 0 Å². The van der Waals surface area contributed by atoms with Crippen molar-refractivity contribution in [3.05, 3.63) is 0 Å². The molecule has 0 aromatic rings. The lowest BCUT2D eigenvalue weighted by atomic mass is 9.67. The average Bonchev–Trinajstić information content (AvgIpc) is 2.34. The maximum absolute atomic E-state index is 4.48. The van der Waals surface area contributed by atoms with Crippen molar-refractivity contribution < 1.29 is 0 Å². The largest absolute Gasteiger partial charge is 0.176 e. The lowest BCUT2D eigenvalue weighted by molar-refractivity contribution is 0.136. The van der Waals surface area contributed by atoms with Gasteiger partial charge in [0, 0.05) is 5.25 Å². The van der Waals surface area contributed by atoms with Crippen molar-refractivity contribution in [2.45, 2.75) is 43.8 Å². The summed E-state index contributed by atoms with van der Waals surface area (Å²) >= 11 is 4.48. The molecule has 0 bridgehead atoms. The average molecular weight is 154 g/mol. The number of rotatable bonds is 0. The molecule has 2 spiro atoms. The first-order valence-electron chi connectivity index (χ1n) is 4.45. The zero-order valence-electron chi connectivity index (χ0n) is 6.27. The van der Waals surface area contributed by atoms with E-state index in [1.165, 1.54) is 19.3 Å². The Kier molecular flexibility index (Phi) is 0.848. The summed E-state index contributed by atoms with van der Waals surface area (Å²) in [5.74, 6) is 0. The van der Waals surface area contributed by atoms with Gasteiger partial charge in [-0.05, 0) is 42.9 Å². The minimum Gasteiger partial charge on any atom is -0.176 e. The summed E-state index contributed by atoms with van der Waals surface area (Å²) in [4.78, 5) is 0. The van der Waals surface area contributed by atoms with Crippen molar-refractivity contribution >= 4 is 12.6 Å². The smallest absolute Gasteiger partial charge is 0.00278 e. The highest BCUT2D eigenvalue weighted by Crippen LogP contribution is 2.81. The van der Waals surface area contributed by atoms with Gasteiger partial charge in [0.25, 0.3) is 0 Å². The maximum atomic E-state index is 4.48. The van der Waals surface area contributed by atoms with Crippen molar-refractivity contribution in [1.82, 2.24) is 0 Å². The van der Waals surface area contributed by atoms with Gasteiger partial charge in [-0.25, -0.2) is 0 Å². The van der Waals surface area contributed by atoms with Crippen LogP contribution in [0.1, 0.15) is 38.5 Å². The van der Waals surface area contributed by atoms with E-state index >= 15 is 0 Å². The van der Waals surface area contributed by atoms with Gasteiger partial charge in [-0.2, -0.15) is 12.6 Å². The van der Waals surface area contributed by atoms with Gasteiger partial charge < -0.3 is 0 Å². The molecule has 0 N–H and O–H groups in total. The molecule has 3 saturated carbocycles. The Morgan fingerprint density at radius 1 is 1.10 bits per heavy atom. The Hall–Kier alpha value is 0.350. The SMILES string of the molecule is SC1CC2(C1)CC21CCC1. The van der Waals surface area contributed by atoms with Crippen LogP contribution in [0.4, 0.5) is 0 Å². The normalized spacial score (nSPS) is 54.3. The minimum atomic E-state index is 0.764. The first-order valence-corrected chi connectivity index (χ1v) is 4.96. The van der Waals surface area contributed by atoms with Crippen LogP contribution in [0, 0.1) is 10.8 Å². The van der Waals surface area contributed by atoms with Crippen LogP contribution >= 0.6 is 12.6 Å². The summed E-state index contributed by atoms with van der Waals surface area (Å²) in [5, 5.41) is 0.764. The van der Waals surface area contributed by atoms with Crippen molar-refractivity contribution in [3.8, 4) is 0 Å². The molecule has 0 aromatic carbocycles. The van der Waals surface area contributed by atoms with Crippen LogP contribution in [0.15, 0.2) is 0 Å². The zero-order chi connectivity index (χ0) is 6.82. The molecule has 0 nitrogen and oxygen atoms in total. The summed E-state index contributed by atoms with van der Waals surface area (Å²) in [5.41, 5.74) is 1.75. The lowest BCUT2D eigenvalue weighted by Gasteiger charge is -2.41. The first kappa shape index (κ1) is 5.93. The second kappa shape index (κ2) is 1.43. The fraction of sp³-hybridized carbons (Fsp3) is 1.00. The quantitative estimate of drug-likeness (QED) is 0.509. The summed E-state index contributed by atoms with van der Waals surface area (Å²) in [6, 6.07) is 0. The van der Waals surface area contributed by atoms with Crippen LogP contribution < -0.4 is 0 Å². The van der Waals surface area contributed by atoms with Gasteiger partial charge in [0.05, 0.1) is 0 Å². The van der Waals surface area contributed by atoms with E-state index in [4.69, 9.17) is 0 Å². The van der Waals surface area contributed by atoms with E-state index in [0.717, 1.165) is 16.1 Å². The second-order valence-electron chi connectivity index (χ2n) is 4.65. The molecule has 3 aliphatic rings. The summed E-state index contributed by atoms with van der Waals surface area (Å²) in [6.07, 6.45) is 9.06. The molecule has 0 unspecified atom stereocenters. The molecule has 0 heterocycles. The highest BCUT2D eigenvalue weighted by atomic mass is 32.1. The Morgan fingerprint density at radius 2 is 1.80 bits per heavy atom. The summed E-state index contributed by atoms with van der Waals surface area (Å²) in [7, 11) is 0. The molecule has 10 heavy (non-hydrogen) atoms. The van der Waals surface area contributed by atoms with E-state index in [2.05, 4.69) is 12.6 Å². The number of hydrogen-bond acceptors (Lipinski definition) is 1. The van der Waals surface area contributed by atoms with Crippen LogP contribution in [0.25, 0.3) is 0 Å². The predicted octanol–water partition coefficient (Wildman–Crippen LogP) is 2.64. The van der Waals surface area contributed by atoms with Crippen LogP contribution in [-0.2, 0) is 0 Å². The van der Waals surface area contributed by atoms with Gasteiger partial charge in [-0.1, -0.05) is 6.42 Å². The van der Waals surface area contributed by atoms with Gasteiger partial charge >= 0.3 is 0 Å². The topological polar surface area (TPSA) is 0 Å². The van der Waals surface area contributed by atoms with E-state index in [1.807, 2.05) is 0 Å². The minimum absolute atomic E-state index is 0.764. The van der Waals surface area contributed by atoms with Crippen LogP contribution in [0.3, 0.4) is 0 Å². The van der Waals surface area contributed by atoms with Crippen molar-refractivity contribution in [1.29, 1.82) is 0 Å². The molecule has 1 heteroatoms. The molecule has 3 aliphatic carbocycles. The molecule has 56 valence electrons. The van der Waals surface area contributed by atoms with Crippen LogP contribution in [0.2, 0.25) is 0 Å². The van der Waals surface area contributed by atoms with E-state index in [0.29, 0.717) is 0 Å². The highest BCUT2D eigenvalue weighted by Gasteiger charge is 2.72. The van der Waals surface area contributed by atoms with E-state index in [1.54, 1.807) is 19.3 Å². The van der Waals surface area contributed by atoms with Crippen molar-refractivity contribution in [3.63, 3.8) is 0 Å². The number of thiol groups is 1. The third-order valence-corrected chi connectivity index (χ3v) is 4.61. The maximum Gasteiger partial charge on any atom is 0.00278 e. The third-order valence-electron chi connectivity index (χ3n) is 4.24. The van der Waals surface area contributed by atoms with Crippen LogP contribution in [0.5, 0.6) is 0 Å². The van der Waals surface area contributed by atoms with E-state index in [-0.39, 0.29) is 0 Å². The van der Waals surface area contributed by atoms with Gasteiger partial charge in [0.1, 0.15) is 0 Å². The summed E-state index contributed by atoms with van der Waals surface area (Å²) in [6.45, 7) is 0. The molecule has 0 saturated heterocycles. The molecule has 3 fully saturated rings. The lowest BCUT2D eigenvalue weighted by Crippen LogP contribution is -2.34. The van der Waals surface area contributed by atoms with Gasteiger partial charge in [-0.15, -0.1) is 0 Å². The molecule has 0 radical (unpaired) electrons. The molecular formula is C9H14S. The first-order chi connectivity index (χ1) is 4.77. The Balaban J connectivity index is 1.77. The fourth-order valence-electron chi connectivity index (χ4n) is 3.33. The van der Waals surface area contributed by atoms with Crippen molar-refractivity contribution in [2.24, 2.45) is 10.8 Å². The monoisotopic (exact) mass is 154 g/mol. The molecule has 0 amide bonds. The molecule has 0 aliphatic heterocycles. The van der Waals surface area contributed by atoms with Gasteiger partial charge in [0.15, 0.2) is 0 Å². The Labute approximate surface area is 67.8 Å². The number of hydrogen-bond donors (Lipinski definition) is 1.